The molecule has 0 aliphatic rings. The van der Waals surface area contributed by atoms with Gasteiger partial charge in [0, 0.05) is 0 Å². The van der Waals surface area contributed by atoms with Crippen LogP contribution in [0.15, 0.2) is 0 Å². The van der Waals surface area contributed by atoms with E-state index in [9.17, 15) is 5.11 Å². The molecule has 31 heavy (non-hydrogen) atoms. The molecular weight excluding hydrogens is 378 g/mol. The molecule has 0 rings (SSSR count). The highest BCUT2D eigenvalue weighted by molar-refractivity contribution is 4.56. The molecule has 0 fully saturated rings. The van der Waals surface area contributed by atoms with Crippen molar-refractivity contribution in [2.75, 3.05) is 6.54 Å². The SMILES string of the molecule is CCCCCCCCCCCCCCCCCCCC(O)NCCCCCCCCC. The molecule has 0 aromatic heterocycles. The number of unbranched alkanes of at least 4 members (excludes halogenated alkanes) is 22. The van der Waals surface area contributed by atoms with Crippen LogP contribution >= 0.6 is 0 Å². The Morgan fingerprint density at radius 2 is 0.710 bits per heavy atom. The van der Waals surface area contributed by atoms with Crippen LogP contribution in [0.25, 0.3) is 0 Å². The molecule has 0 aromatic rings. The summed E-state index contributed by atoms with van der Waals surface area (Å²) in [6.07, 6.45) is 34.0. The maximum atomic E-state index is 10.0. The Morgan fingerprint density at radius 3 is 1.06 bits per heavy atom. The van der Waals surface area contributed by atoms with Crippen LogP contribution < -0.4 is 5.32 Å². The average molecular weight is 440 g/mol. The molecule has 2 nitrogen and oxygen atoms in total. The number of hydrogen-bond acceptors (Lipinski definition) is 2. The van der Waals surface area contributed by atoms with E-state index in [-0.39, 0.29) is 6.23 Å². The molecule has 0 aromatic carbocycles. The van der Waals surface area contributed by atoms with E-state index in [1.165, 1.54) is 154 Å². The Kier molecular flexibility index (Phi) is 27.9. The number of rotatable bonds is 27. The molecule has 188 valence electrons. The van der Waals surface area contributed by atoms with Gasteiger partial charge >= 0.3 is 0 Å². The van der Waals surface area contributed by atoms with Crippen LogP contribution in [-0.2, 0) is 0 Å². The van der Waals surface area contributed by atoms with Crippen LogP contribution in [0.3, 0.4) is 0 Å². The van der Waals surface area contributed by atoms with E-state index in [0.717, 1.165) is 13.0 Å². The molecule has 2 N–H and O–H groups in total. The third-order valence-corrected chi connectivity index (χ3v) is 6.74. The molecular formula is C29H61NO. The second kappa shape index (κ2) is 28.0. The fourth-order valence-corrected chi connectivity index (χ4v) is 4.52. The Hall–Kier alpha value is -0.0800. The van der Waals surface area contributed by atoms with E-state index in [2.05, 4.69) is 19.2 Å². The third-order valence-electron chi connectivity index (χ3n) is 6.74. The third kappa shape index (κ3) is 27.9. The van der Waals surface area contributed by atoms with Gasteiger partial charge in [-0.1, -0.05) is 155 Å². The summed E-state index contributed by atoms with van der Waals surface area (Å²) in [7, 11) is 0. The second-order valence-corrected chi connectivity index (χ2v) is 10.0. The fraction of sp³-hybridized carbons (Fsp3) is 1.00. The predicted octanol–water partition coefficient (Wildman–Crippen LogP) is 9.69. The van der Waals surface area contributed by atoms with Crippen molar-refractivity contribution in [3.05, 3.63) is 0 Å². The molecule has 0 aliphatic heterocycles. The molecule has 0 heterocycles. The molecule has 0 aliphatic carbocycles. The Morgan fingerprint density at radius 1 is 0.419 bits per heavy atom. The molecule has 0 saturated heterocycles. The van der Waals surface area contributed by atoms with E-state index in [1.807, 2.05) is 0 Å². The van der Waals surface area contributed by atoms with Gasteiger partial charge in [0.05, 0.1) is 0 Å². The topological polar surface area (TPSA) is 32.3 Å². The maximum absolute atomic E-state index is 10.0. The molecule has 1 atom stereocenters. The van der Waals surface area contributed by atoms with Gasteiger partial charge < -0.3 is 5.11 Å². The van der Waals surface area contributed by atoms with E-state index < -0.39 is 0 Å². The first-order chi connectivity index (χ1) is 15.3. The van der Waals surface area contributed by atoms with Crippen molar-refractivity contribution < 1.29 is 5.11 Å². The highest BCUT2D eigenvalue weighted by atomic mass is 16.3. The highest BCUT2D eigenvalue weighted by Crippen LogP contribution is 2.14. The minimum atomic E-state index is -0.281. The number of aliphatic hydroxyl groups excluding tert-OH is 1. The Labute approximate surface area is 197 Å². The zero-order valence-electron chi connectivity index (χ0n) is 21.9. The van der Waals surface area contributed by atoms with Crippen molar-refractivity contribution >= 4 is 0 Å². The molecule has 2 heteroatoms. The molecule has 0 bridgehead atoms. The quantitative estimate of drug-likeness (QED) is 0.0985. The molecule has 0 radical (unpaired) electrons. The lowest BCUT2D eigenvalue weighted by atomic mass is 10.0. The fourth-order valence-electron chi connectivity index (χ4n) is 4.52. The molecule has 1 unspecified atom stereocenters. The zero-order valence-corrected chi connectivity index (χ0v) is 21.9. The van der Waals surface area contributed by atoms with Gasteiger partial charge in [-0.15, -0.1) is 0 Å². The van der Waals surface area contributed by atoms with E-state index >= 15 is 0 Å². The van der Waals surface area contributed by atoms with Crippen molar-refractivity contribution in [1.29, 1.82) is 0 Å². The molecule has 0 spiro atoms. The van der Waals surface area contributed by atoms with Crippen LogP contribution in [-0.4, -0.2) is 17.9 Å². The lowest BCUT2D eigenvalue weighted by Gasteiger charge is -2.12. The number of hydrogen-bond donors (Lipinski definition) is 2. The van der Waals surface area contributed by atoms with Crippen LogP contribution in [0.2, 0.25) is 0 Å². The summed E-state index contributed by atoms with van der Waals surface area (Å²) in [6, 6.07) is 0. The van der Waals surface area contributed by atoms with Gasteiger partial charge in [0.1, 0.15) is 6.23 Å². The highest BCUT2D eigenvalue weighted by Gasteiger charge is 2.02. The lowest BCUT2D eigenvalue weighted by molar-refractivity contribution is 0.124. The Balaban J connectivity index is 3.11. The van der Waals surface area contributed by atoms with E-state index in [4.69, 9.17) is 0 Å². The van der Waals surface area contributed by atoms with Crippen molar-refractivity contribution in [3.8, 4) is 0 Å². The van der Waals surface area contributed by atoms with Crippen LogP contribution in [0.4, 0.5) is 0 Å². The Bertz CT molecular complexity index is 307. The first kappa shape index (κ1) is 30.9. The predicted molar refractivity (Wildman–Crippen MR) is 141 cm³/mol. The van der Waals surface area contributed by atoms with Crippen LogP contribution in [0.1, 0.15) is 174 Å². The summed E-state index contributed by atoms with van der Waals surface area (Å²) in [5, 5.41) is 13.3. The number of aliphatic hydroxyl groups is 1. The second-order valence-electron chi connectivity index (χ2n) is 10.0. The van der Waals surface area contributed by atoms with E-state index in [1.54, 1.807) is 0 Å². The summed E-state index contributed by atoms with van der Waals surface area (Å²) in [6.45, 7) is 5.54. The lowest BCUT2D eigenvalue weighted by Crippen LogP contribution is -2.29. The summed E-state index contributed by atoms with van der Waals surface area (Å²) in [5.74, 6) is 0. The van der Waals surface area contributed by atoms with Crippen molar-refractivity contribution in [1.82, 2.24) is 5.32 Å². The summed E-state index contributed by atoms with van der Waals surface area (Å²) in [5.41, 5.74) is 0. The van der Waals surface area contributed by atoms with Crippen LogP contribution in [0, 0.1) is 0 Å². The molecule has 0 amide bonds. The van der Waals surface area contributed by atoms with Crippen LogP contribution in [0.5, 0.6) is 0 Å². The smallest absolute Gasteiger partial charge is 0.104 e. The largest absolute Gasteiger partial charge is 0.379 e. The first-order valence-electron chi connectivity index (χ1n) is 14.7. The standard InChI is InChI=1S/C29H61NO/c1-3-5-7-9-11-12-13-14-15-16-17-18-19-20-21-23-25-27-29(31)30-28-26-24-22-10-8-6-4-2/h29-31H,3-28H2,1-2H3. The van der Waals surface area contributed by atoms with Gasteiger partial charge in [0.25, 0.3) is 0 Å². The van der Waals surface area contributed by atoms with Gasteiger partial charge in [-0.25, -0.2) is 0 Å². The van der Waals surface area contributed by atoms with Gasteiger partial charge in [0.2, 0.25) is 0 Å². The van der Waals surface area contributed by atoms with Gasteiger partial charge in [-0.3, -0.25) is 5.32 Å². The van der Waals surface area contributed by atoms with Crippen molar-refractivity contribution in [2.45, 2.75) is 181 Å². The number of nitrogens with one attached hydrogen (secondary N) is 1. The van der Waals surface area contributed by atoms with Crippen molar-refractivity contribution in [3.63, 3.8) is 0 Å². The summed E-state index contributed by atoms with van der Waals surface area (Å²) in [4.78, 5) is 0. The maximum Gasteiger partial charge on any atom is 0.104 e. The van der Waals surface area contributed by atoms with Crippen molar-refractivity contribution in [2.24, 2.45) is 0 Å². The minimum absolute atomic E-state index is 0.281. The summed E-state index contributed by atoms with van der Waals surface area (Å²) < 4.78 is 0. The zero-order chi connectivity index (χ0) is 22.7. The van der Waals surface area contributed by atoms with Gasteiger partial charge in [-0.2, -0.15) is 0 Å². The summed E-state index contributed by atoms with van der Waals surface area (Å²) >= 11 is 0. The van der Waals surface area contributed by atoms with Gasteiger partial charge in [-0.05, 0) is 25.8 Å². The van der Waals surface area contributed by atoms with E-state index in [0.29, 0.717) is 0 Å². The van der Waals surface area contributed by atoms with Gasteiger partial charge in [0.15, 0.2) is 0 Å². The first-order valence-corrected chi connectivity index (χ1v) is 14.7. The normalized spacial score (nSPS) is 12.5. The molecule has 0 saturated carbocycles. The monoisotopic (exact) mass is 439 g/mol. The minimum Gasteiger partial charge on any atom is -0.379 e. The average Bonchev–Trinajstić information content (AvgIpc) is 2.77.